The van der Waals surface area contributed by atoms with Crippen molar-refractivity contribution in [3.05, 3.63) is 0 Å². The minimum atomic E-state index is 0.176. The first-order valence-electron chi connectivity index (χ1n) is 2.12. The van der Waals surface area contributed by atoms with Crippen molar-refractivity contribution in [2.75, 3.05) is 13.2 Å². The first-order chi connectivity index (χ1) is 3.29. The SMILES string of the molecule is NN(O)CC1CO1. The van der Waals surface area contributed by atoms with E-state index in [9.17, 15) is 0 Å². The Kier molecular flexibility index (Phi) is 1.25. The highest BCUT2D eigenvalue weighted by atomic mass is 16.6. The zero-order valence-electron chi connectivity index (χ0n) is 3.87. The Labute approximate surface area is 41.4 Å². The van der Waals surface area contributed by atoms with E-state index in [0.29, 0.717) is 11.7 Å². The fourth-order valence-electron chi connectivity index (χ4n) is 0.382. The third kappa shape index (κ3) is 1.84. The van der Waals surface area contributed by atoms with Crippen molar-refractivity contribution >= 4 is 0 Å². The van der Waals surface area contributed by atoms with Crippen LogP contribution in [0, 0.1) is 0 Å². The van der Waals surface area contributed by atoms with Gasteiger partial charge >= 0.3 is 0 Å². The van der Waals surface area contributed by atoms with E-state index >= 15 is 0 Å². The molecule has 0 aromatic heterocycles. The molecule has 1 fully saturated rings. The van der Waals surface area contributed by atoms with E-state index < -0.39 is 0 Å². The van der Waals surface area contributed by atoms with Crippen LogP contribution in [0.1, 0.15) is 0 Å². The summed E-state index contributed by atoms with van der Waals surface area (Å²) in [6.45, 7) is 1.15. The molecule has 0 saturated carbocycles. The van der Waals surface area contributed by atoms with Crippen LogP contribution in [0.4, 0.5) is 0 Å². The van der Waals surface area contributed by atoms with E-state index in [-0.39, 0.29) is 6.10 Å². The van der Waals surface area contributed by atoms with E-state index in [1.807, 2.05) is 0 Å². The molecule has 1 rings (SSSR count). The van der Waals surface area contributed by atoms with Crippen LogP contribution < -0.4 is 5.84 Å². The van der Waals surface area contributed by atoms with Crippen molar-refractivity contribution in [1.29, 1.82) is 0 Å². The van der Waals surface area contributed by atoms with E-state index in [4.69, 9.17) is 15.8 Å². The summed E-state index contributed by atoms with van der Waals surface area (Å²) < 4.78 is 4.74. The monoisotopic (exact) mass is 104 g/mol. The van der Waals surface area contributed by atoms with Gasteiger partial charge in [-0.05, 0) is 0 Å². The number of nitrogens with two attached hydrogens (primary N) is 1. The lowest BCUT2D eigenvalue weighted by Gasteiger charge is -2.01. The third-order valence-electron chi connectivity index (χ3n) is 0.793. The highest BCUT2D eigenvalue weighted by Gasteiger charge is 2.23. The second-order valence-electron chi connectivity index (χ2n) is 1.58. The molecule has 42 valence electrons. The molecule has 1 saturated heterocycles. The van der Waals surface area contributed by atoms with Crippen molar-refractivity contribution in [3.8, 4) is 0 Å². The van der Waals surface area contributed by atoms with Gasteiger partial charge in [0.2, 0.25) is 0 Å². The second-order valence-corrected chi connectivity index (χ2v) is 1.58. The zero-order chi connectivity index (χ0) is 5.28. The maximum atomic E-state index is 8.29. The maximum Gasteiger partial charge on any atom is 0.0974 e. The molecule has 1 unspecified atom stereocenters. The number of hydrogen-bond acceptors (Lipinski definition) is 4. The van der Waals surface area contributed by atoms with E-state index in [1.165, 1.54) is 0 Å². The summed E-state index contributed by atoms with van der Waals surface area (Å²) in [7, 11) is 0. The van der Waals surface area contributed by atoms with Crippen LogP contribution in [0.15, 0.2) is 0 Å². The van der Waals surface area contributed by atoms with E-state index in [1.54, 1.807) is 0 Å². The number of epoxide rings is 1. The molecule has 4 nitrogen and oxygen atoms in total. The molecule has 0 radical (unpaired) electrons. The van der Waals surface area contributed by atoms with E-state index in [2.05, 4.69) is 0 Å². The Bertz CT molecular complexity index is 62.0. The third-order valence-corrected chi connectivity index (χ3v) is 0.793. The molecule has 1 atom stereocenters. The molecule has 0 aromatic rings. The Morgan fingerprint density at radius 2 is 2.57 bits per heavy atom. The van der Waals surface area contributed by atoms with Crippen molar-refractivity contribution in [1.82, 2.24) is 5.17 Å². The van der Waals surface area contributed by atoms with Gasteiger partial charge in [-0.25, -0.2) is 5.84 Å². The molecule has 0 amide bonds. The number of hydrazine groups is 1. The molecule has 1 aliphatic rings. The van der Waals surface area contributed by atoms with Gasteiger partial charge in [0.1, 0.15) is 0 Å². The van der Waals surface area contributed by atoms with Crippen molar-refractivity contribution in [2.24, 2.45) is 5.84 Å². The number of hydrogen-bond donors (Lipinski definition) is 2. The van der Waals surface area contributed by atoms with Crippen LogP contribution in [0.25, 0.3) is 0 Å². The summed E-state index contributed by atoms with van der Waals surface area (Å²) in [6, 6.07) is 0. The van der Waals surface area contributed by atoms with Crippen LogP contribution in [0.5, 0.6) is 0 Å². The molecule has 7 heavy (non-hydrogen) atoms. The van der Waals surface area contributed by atoms with Crippen molar-refractivity contribution in [3.63, 3.8) is 0 Å². The molecule has 0 aliphatic carbocycles. The number of hydroxylamine groups is 1. The first-order valence-corrected chi connectivity index (χ1v) is 2.12. The van der Waals surface area contributed by atoms with Crippen LogP contribution >= 0.6 is 0 Å². The Balaban J connectivity index is 1.97. The van der Waals surface area contributed by atoms with Gasteiger partial charge in [-0.2, -0.15) is 0 Å². The van der Waals surface area contributed by atoms with Gasteiger partial charge in [0.05, 0.1) is 19.3 Å². The predicted molar refractivity (Wildman–Crippen MR) is 22.4 cm³/mol. The molecule has 4 heteroatoms. The van der Waals surface area contributed by atoms with Crippen molar-refractivity contribution in [2.45, 2.75) is 6.10 Å². The van der Waals surface area contributed by atoms with Gasteiger partial charge in [-0.3, -0.25) is 5.21 Å². The second kappa shape index (κ2) is 1.75. The lowest BCUT2D eigenvalue weighted by molar-refractivity contribution is -0.0964. The van der Waals surface area contributed by atoms with Gasteiger partial charge in [-0.1, -0.05) is 0 Å². The summed E-state index contributed by atoms with van der Waals surface area (Å²) >= 11 is 0. The quantitative estimate of drug-likeness (QED) is 0.266. The summed E-state index contributed by atoms with van der Waals surface area (Å²) in [4.78, 5) is 0. The summed E-state index contributed by atoms with van der Waals surface area (Å²) in [5, 5.41) is 8.93. The average Bonchev–Trinajstić information content (AvgIpc) is 2.17. The zero-order valence-corrected chi connectivity index (χ0v) is 3.87. The first kappa shape index (κ1) is 4.99. The molecule has 0 bridgehead atoms. The minimum Gasteiger partial charge on any atom is -0.372 e. The maximum absolute atomic E-state index is 8.29. The lowest BCUT2D eigenvalue weighted by atomic mass is 10.5. The van der Waals surface area contributed by atoms with Crippen LogP contribution in [0.3, 0.4) is 0 Å². The fraction of sp³-hybridized carbons (Fsp3) is 1.00. The fourth-order valence-corrected chi connectivity index (χ4v) is 0.382. The van der Waals surface area contributed by atoms with Crippen LogP contribution in [-0.2, 0) is 4.74 Å². The average molecular weight is 104 g/mol. The van der Waals surface area contributed by atoms with Crippen LogP contribution in [-0.4, -0.2) is 29.6 Å². The van der Waals surface area contributed by atoms with Crippen LogP contribution in [0.2, 0.25) is 0 Å². The summed E-state index contributed by atoms with van der Waals surface area (Å²) in [6.07, 6.45) is 0.176. The Morgan fingerprint density at radius 1 is 2.00 bits per heavy atom. The molecule has 0 aromatic carbocycles. The number of rotatable bonds is 2. The highest BCUT2D eigenvalue weighted by molar-refractivity contribution is 4.68. The lowest BCUT2D eigenvalue weighted by Crippen LogP contribution is -2.30. The topological polar surface area (TPSA) is 62.0 Å². The standard InChI is InChI=1S/C3H8N2O2/c4-5(6)1-3-2-7-3/h3,6H,1-2,4H2. The number of ether oxygens (including phenoxy) is 1. The molecule has 0 spiro atoms. The molecule has 3 N–H and O–H groups in total. The van der Waals surface area contributed by atoms with E-state index in [0.717, 1.165) is 6.61 Å². The number of nitrogens with zero attached hydrogens (tertiary/aromatic N) is 1. The van der Waals surface area contributed by atoms with Gasteiger partial charge in [0, 0.05) is 0 Å². The Hall–Kier alpha value is -0.160. The minimum absolute atomic E-state index is 0.176. The largest absolute Gasteiger partial charge is 0.372 e. The summed E-state index contributed by atoms with van der Waals surface area (Å²) in [5.41, 5.74) is 0. The van der Waals surface area contributed by atoms with Crippen molar-refractivity contribution < 1.29 is 9.94 Å². The van der Waals surface area contributed by atoms with Gasteiger partial charge in [-0.15, -0.1) is 5.17 Å². The molecular formula is C3H8N2O2. The molecule has 1 heterocycles. The highest BCUT2D eigenvalue weighted by Crippen LogP contribution is 2.07. The Morgan fingerprint density at radius 3 is 2.71 bits per heavy atom. The molecular weight excluding hydrogens is 96.0 g/mol. The van der Waals surface area contributed by atoms with Gasteiger partial charge < -0.3 is 4.74 Å². The normalized spacial score (nSPS) is 28.7. The molecule has 1 aliphatic heterocycles. The van der Waals surface area contributed by atoms with Gasteiger partial charge in [0.15, 0.2) is 0 Å². The summed E-state index contributed by atoms with van der Waals surface area (Å²) in [5.74, 6) is 4.84. The smallest absolute Gasteiger partial charge is 0.0974 e. The van der Waals surface area contributed by atoms with Gasteiger partial charge in [0.25, 0.3) is 0 Å². The predicted octanol–water partition coefficient (Wildman–Crippen LogP) is -1.05.